The molecule has 0 heterocycles. The van der Waals surface area contributed by atoms with Crippen molar-refractivity contribution in [3.8, 4) is 0 Å². The van der Waals surface area contributed by atoms with Crippen LogP contribution in [0, 0.1) is 12.7 Å². The Morgan fingerprint density at radius 1 is 0.971 bits per heavy atom. The molecule has 0 amide bonds. The van der Waals surface area contributed by atoms with Crippen molar-refractivity contribution in [3.63, 3.8) is 0 Å². The Labute approximate surface area is 216 Å². The molecule has 9 heteroatoms. The summed E-state index contributed by atoms with van der Waals surface area (Å²) >= 11 is 6.84. The Balaban J connectivity index is 2.03. The molecule has 0 unspecified atom stereocenters. The third-order valence-electron chi connectivity index (χ3n) is 5.61. The van der Waals surface area contributed by atoms with Gasteiger partial charge in [0.2, 0.25) is 10.0 Å². The molecule has 0 atom stereocenters. The smallest absolute Gasteiger partial charge is 0.340 e. The number of esters is 1. The van der Waals surface area contributed by atoms with Gasteiger partial charge in [0.25, 0.3) is 0 Å². The molecule has 0 aliphatic carbocycles. The van der Waals surface area contributed by atoms with E-state index in [1.165, 1.54) is 18.3 Å². The molecule has 0 aliphatic rings. The monoisotopic (exact) mass is 611 g/mol. The van der Waals surface area contributed by atoms with E-state index in [0.29, 0.717) is 12.8 Å². The third kappa shape index (κ3) is 6.13. The molecule has 3 aromatic rings. The number of nitrogens with zero attached hydrogens (tertiary/aromatic N) is 1. The van der Waals surface area contributed by atoms with Gasteiger partial charge >= 0.3 is 5.97 Å². The number of ether oxygens (including phenoxy) is 1. The van der Waals surface area contributed by atoms with E-state index in [4.69, 9.17) is 0 Å². The van der Waals surface area contributed by atoms with Crippen LogP contribution in [-0.2, 0) is 27.6 Å². The molecular formula is C25H24Br2FNO4S. The maximum absolute atomic E-state index is 14.3. The van der Waals surface area contributed by atoms with E-state index in [1.54, 1.807) is 0 Å². The van der Waals surface area contributed by atoms with Gasteiger partial charge in [-0.3, -0.25) is 0 Å². The average molecular weight is 613 g/mol. The molecule has 0 aliphatic heterocycles. The van der Waals surface area contributed by atoms with E-state index in [0.717, 1.165) is 39.3 Å². The summed E-state index contributed by atoms with van der Waals surface area (Å²) in [5.41, 5.74) is 1.73. The van der Waals surface area contributed by atoms with Gasteiger partial charge < -0.3 is 4.74 Å². The van der Waals surface area contributed by atoms with Crippen LogP contribution in [0.4, 0.5) is 4.39 Å². The normalized spacial score (nSPS) is 11.8. The van der Waals surface area contributed by atoms with E-state index in [1.807, 2.05) is 48.5 Å². The molecule has 0 spiro atoms. The third-order valence-corrected chi connectivity index (χ3v) is 8.72. The second-order valence-electron chi connectivity index (χ2n) is 7.93. The van der Waals surface area contributed by atoms with Gasteiger partial charge in [0.05, 0.1) is 17.6 Å². The van der Waals surface area contributed by atoms with Crippen molar-refractivity contribution in [3.05, 3.63) is 97.7 Å². The lowest BCUT2D eigenvalue weighted by molar-refractivity contribution is 0.0595. The Bertz CT molecular complexity index is 1230. The molecule has 0 radical (unpaired) electrons. The zero-order chi connectivity index (χ0) is 25.0. The number of benzene rings is 3. The lowest BCUT2D eigenvalue weighted by Gasteiger charge is -2.29. The lowest BCUT2D eigenvalue weighted by Crippen LogP contribution is -2.40. The highest BCUT2D eigenvalue weighted by molar-refractivity contribution is 9.10. The largest absolute Gasteiger partial charge is 0.465 e. The standard InChI is InChI=1S/C25H24Br2FNO4S/c1-16-12-23(28)22(25(30)33-3)15-24(16)34(31,32)29(2)21(13-17-4-8-19(26)9-5-17)14-18-6-10-20(27)11-7-18/h4-12,15,21H,13-14H2,1-3H3. The van der Waals surface area contributed by atoms with Crippen LogP contribution < -0.4 is 0 Å². The highest BCUT2D eigenvalue weighted by Crippen LogP contribution is 2.27. The number of rotatable bonds is 8. The predicted molar refractivity (Wildman–Crippen MR) is 137 cm³/mol. The van der Waals surface area contributed by atoms with Crippen molar-refractivity contribution < 1.29 is 22.3 Å². The fourth-order valence-electron chi connectivity index (χ4n) is 3.66. The van der Waals surface area contributed by atoms with Crippen molar-refractivity contribution >= 4 is 47.9 Å². The van der Waals surface area contributed by atoms with Crippen LogP contribution in [-0.4, -0.2) is 38.9 Å². The molecule has 3 rings (SSSR count). The second-order valence-corrected chi connectivity index (χ2v) is 11.7. The first-order valence-electron chi connectivity index (χ1n) is 10.4. The van der Waals surface area contributed by atoms with Crippen molar-refractivity contribution in [1.82, 2.24) is 4.31 Å². The number of aryl methyl sites for hydroxylation is 1. The minimum atomic E-state index is -4.07. The van der Waals surface area contributed by atoms with Crippen LogP contribution in [0.1, 0.15) is 27.0 Å². The first-order chi connectivity index (χ1) is 16.0. The van der Waals surface area contributed by atoms with Crippen molar-refractivity contribution in [2.24, 2.45) is 0 Å². The molecule has 0 bridgehead atoms. The molecule has 3 aromatic carbocycles. The molecule has 5 nitrogen and oxygen atoms in total. The summed E-state index contributed by atoms with van der Waals surface area (Å²) in [6.07, 6.45) is 0.923. The van der Waals surface area contributed by atoms with Crippen LogP contribution in [0.2, 0.25) is 0 Å². The zero-order valence-corrected chi connectivity index (χ0v) is 22.9. The highest BCUT2D eigenvalue weighted by atomic mass is 79.9. The van der Waals surface area contributed by atoms with Gasteiger partial charge in [-0.25, -0.2) is 17.6 Å². The van der Waals surface area contributed by atoms with Crippen LogP contribution in [0.3, 0.4) is 0 Å². The predicted octanol–water partition coefficient (Wildman–Crippen LogP) is 5.92. The minimum absolute atomic E-state index is 0.131. The van der Waals surface area contributed by atoms with Crippen molar-refractivity contribution in [2.75, 3.05) is 14.2 Å². The molecule has 180 valence electrons. The molecule has 0 fully saturated rings. The second kappa shape index (κ2) is 11.1. The number of sulfonamides is 1. The van der Waals surface area contributed by atoms with Gasteiger partial charge in [-0.15, -0.1) is 0 Å². The first kappa shape index (κ1) is 26.5. The van der Waals surface area contributed by atoms with Crippen LogP contribution in [0.25, 0.3) is 0 Å². The fraction of sp³-hybridized carbons (Fsp3) is 0.240. The van der Waals surface area contributed by atoms with E-state index in [2.05, 4.69) is 36.6 Å². The summed E-state index contributed by atoms with van der Waals surface area (Å²) in [7, 11) is -1.43. The summed E-state index contributed by atoms with van der Waals surface area (Å²) in [5.74, 6) is -1.76. The van der Waals surface area contributed by atoms with E-state index in [9.17, 15) is 17.6 Å². The SMILES string of the molecule is COC(=O)c1cc(S(=O)(=O)N(C)C(Cc2ccc(Br)cc2)Cc2ccc(Br)cc2)c(C)cc1F. The summed E-state index contributed by atoms with van der Waals surface area (Å²) in [6, 6.07) is 17.1. The zero-order valence-electron chi connectivity index (χ0n) is 18.9. The number of carbonyl (C=O) groups is 1. The summed E-state index contributed by atoms with van der Waals surface area (Å²) in [4.78, 5) is 11.9. The van der Waals surface area contributed by atoms with E-state index < -0.39 is 33.4 Å². The van der Waals surface area contributed by atoms with Gasteiger partial charge in [-0.1, -0.05) is 56.1 Å². The van der Waals surface area contributed by atoms with Crippen molar-refractivity contribution in [1.29, 1.82) is 0 Å². The Morgan fingerprint density at radius 3 is 1.88 bits per heavy atom. The topological polar surface area (TPSA) is 63.7 Å². The Kier molecular flexibility index (Phi) is 8.67. The number of halogens is 3. The molecule has 0 saturated heterocycles. The maximum atomic E-state index is 14.3. The molecular weight excluding hydrogens is 589 g/mol. The summed E-state index contributed by atoms with van der Waals surface area (Å²) in [5, 5.41) is 0. The molecule has 0 saturated carbocycles. The maximum Gasteiger partial charge on any atom is 0.340 e. The van der Waals surface area contributed by atoms with Crippen LogP contribution >= 0.6 is 31.9 Å². The van der Waals surface area contributed by atoms with Crippen molar-refractivity contribution in [2.45, 2.75) is 30.7 Å². The lowest BCUT2D eigenvalue weighted by atomic mass is 9.99. The molecule has 0 N–H and O–H groups in total. The number of carbonyl (C=O) groups excluding carboxylic acids is 1. The Morgan fingerprint density at radius 2 is 1.44 bits per heavy atom. The van der Waals surface area contributed by atoms with E-state index >= 15 is 0 Å². The van der Waals surface area contributed by atoms with Gasteiger partial charge in [-0.2, -0.15) is 4.31 Å². The van der Waals surface area contributed by atoms with E-state index in [-0.39, 0.29) is 10.5 Å². The average Bonchev–Trinajstić information content (AvgIpc) is 2.80. The summed E-state index contributed by atoms with van der Waals surface area (Å²) in [6.45, 7) is 1.50. The van der Waals surface area contributed by atoms with Gasteiger partial charge in [0.15, 0.2) is 0 Å². The van der Waals surface area contributed by atoms with Crippen LogP contribution in [0.15, 0.2) is 74.5 Å². The van der Waals surface area contributed by atoms with Gasteiger partial charge in [-0.05, 0) is 72.9 Å². The fourth-order valence-corrected chi connectivity index (χ4v) is 5.78. The quantitative estimate of drug-likeness (QED) is 0.296. The number of likely N-dealkylation sites (N-methyl/N-ethyl adjacent to an activating group) is 1. The number of hydrogen-bond donors (Lipinski definition) is 0. The summed E-state index contributed by atoms with van der Waals surface area (Å²) < 4.78 is 49.5. The molecule has 34 heavy (non-hydrogen) atoms. The highest BCUT2D eigenvalue weighted by Gasteiger charge is 2.31. The number of hydrogen-bond acceptors (Lipinski definition) is 4. The Hall–Kier alpha value is -2.07. The first-order valence-corrected chi connectivity index (χ1v) is 13.4. The van der Waals surface area contributed by atoms with Crippen LogP contribution in [0.5, 0.6) is 0 Å². The number of methoxy groups -OCH3 is 1. The van der Waals surface area contributed by atoms with Gasteiger partial charge in [0.1, 0.15) is 5.82 Å². The molecule has 0 aromatic heterocycles. The van der Waals surface area contributed by atoms with Gasteiger partial charge in [0, 0.05) is 22.0 Å². The minimum Gasteiger partial charge on any atom is -0.465 e.